The van der Waals surface area contributed by atoms with Gasteiger partial charge in [-0.1, -0.05) is 31.2 Å². The predicted molar refractivity (Wildman–Crippen MR) is 85.4 cm³/mol. The SMILES string of the molecule is CCNc1ncccc1C(=O)NCc1ccc(CC)cc1. The Balaban J connectivity index is 2.01. The monoisotopic (exact) mass is 283 g/mol. The highest BCUT2D eigenvalue weighted by molar-refractivity contribution is 5.98. The molecule has 0 spiro atoms. The first-order valence-corrected chi connectivity index (χ1v) is 7.29. The average molecular weight is 283 g/mol. The number of carbonyl (C=O) groups excluding carboxylic acids is 1. The van der Waals surface area contributed by atoms with Crippen LogP contribution in [0.25, 0.3) is 0 Å². The minimum absolute atomic E-state index is 0.112. The van der Waals surface area contributed by atoms with E-state index in [4.69, 9.17) is 0 Å². The maximum absolute atomic E-state index is 12.2. The van der Waals surface area contributed by atoms with Gasteiger partial charge in [-0.05, 0) is 36.6 Å². The number of carbonyl (C=O) groups is 1. The van der Waals surface area contributed by atoms with Crippen LogP contribution >= 0.6 is 0 Å². The molecule has 1 aromatic carbocycles. The third-order valence-electron chi connectivity index (χ3n) is 3.28. The molecule has 2 N–H and O–H groups in total. The van der Waals surface area contributed by atoms with Crippen molar-refractivity contribution in [2.24, 2.45) is 0 Å². The highest BCUT2D eigenvalue weighted by atomic mass is 16.1. The number of benzene rings is 1. The lowest BCUT2D eigenvalue weighted by molar-refractivity contribution is 0.0951. The van der Waals surface area contributed by atoms with Gasteiger partial charge in [-0.25, -0.2) is 4.98 Å². The Labute approximate surface area is 125 Å². The summed E-state index contributed by atoms with van der Waals surface area (Å²) in [7, 11) is 0. The summed E-state index contributed by atoms with van der Waals surface area (Å²) >= 11 is 0. The Morgan fingerprint density at radius 1 is 1.10 bits per heavy atom. The van der Waals surface area contributed by atoms with Crippen molar-refractivity contribution in [3.63, 3.8) is 0 Å². The fraction of sp³-hybridized carbons (Fsp3) is 0.294. The van der Waals surface area contributed by atoms with Crippen molar-refractivity contribution in [1.82, 2.24) is 10.3 Å². The van der Waals surface area contributed by atoms with E-state index in [1.165, 1.54) is 5.56 Å². The van der Waals surface area contributed by atoms with Crippen LogP contribution in [-0.4, -0.2) is 17.4 Å². The van der Waals surface area contributed by atoms with Crippen molar-refractivity contribution in [2.75, 3.05) is 11.9 Å². The van der Waals surface area contributed by atoms with E-state index in [0.29, 0.717) is 17.9 Å². The molecule has 0 aliphatic heterocycles. The van der Waals surface area contributed by atoms with Crippen LogP contribution < -0.4 is 10.6 Å². The molecule has 0 radical (unpaired) electrons. The molecule has 110 valence electrons. The number of nitrogens with zero attached hydrogens (tertiary/aromatic N) is 1. The lowest BCUT2D eigenvalue weighted by Gasteiger charge is -2.10. The van der Waals surface area contributed by atoms with E-state index in [1.54, 1.807) is 18.3 Å². The fourth-order valence-electron chi connectivity index (χ4n) is 2.07. The number of rotatable bonds is 6. The van der Waals surface area contributed by atoms with Crippen LogP contribution in [0.5, 0.6) is 0 Å². The highest BCUT2D eigenvalue weighted by Crippen LogP contribution is 2.11. The summed E-state index contributed by atoms with van der Waals surface area (Å²) in [5.74, 6) is 0.512. The van der Waals surface area contributed by atoms with Gasteiger partial charge < -0.3 is 10.6 Å². The van der Waals surface area contributed by atoms with Gasteiger partial charge in [0.1, 0.15) is 5.82 Å². The lowest BCUT2D eigenvalue weighted by Crippen LogP contribution is -2.24. The largest absolute Gasteiger partial charge is 0.370 e. The molecule has 1 amide bonds. The first kappa shape index (κ1) is 15.0. The number of anilines is 1. The first-order chi connectivity index (χ1) is 10.2. The molecule has 0 fully saturated rings. The zero-order chi connectivity index (χ0) is 15.1. The zero-order valence-corrected chi connectivity index (χ0v) is 12.5. The van der Waals surface area contributed by atoms with Crippen molar-refractivity contribution in [3.05, 3.63) is 59.3 Å². The summed E-state index contributed by atoms with van der Waals surface area (Å²) < 4.78 is 0. The molecule has 2 rings (SSSR count). The smallest absolute Gasteiger partial charge is 0.255 e. The van der Waals surface area contributed by atoms with Gasteiger partial charge in [-0.15, -0.1) is 0 Å². The summed E-state index contributed by atoms with van der Waals surface area (Å²) in [5.41, 5.74) is 2.96. The van der Waals surface area contributed by atoms with Crippen LogP contribution in [0.2, 0.25) is 0 Å². The first-order valence-electron chi connectivity index (χ1n) is 7.29. The number of pyridine rings is 1. The number of nitrogens with one attached hydrogen (secondary N) is 2. The van der Waals surface area contributed by atoms with Gasteiger partial charge in [0.25, 0.3) is 5.91 Å². The molecule has 2 aromatic rings. The normalized spacial score (nSPS) is 10.2. The summed E-state index contributed by atoms with van der Waals surface area (Å²) in [6.07, 6.45) is 2.70. The van der Waals surface area contributed by atoms with Crippen molar-refractivity contribution >= 4 is 11.7 Å². The molecule has 21 heavy (non-hydrogen) atoms. The molecule has 0 aliphatic rings. The van der Waals surface area contributed by atoms with Crippen LogP contribution in [-0.2, 0) is 13.0 Å². The van der Waals surface area contributed by atoms with Crippen LogP contribution in [0.3, 0.4) is 0 Å². The third-order valence-corrected chi connectivity index (χ3v) is 3.28. The quantitative estimate of drug-likeness (QED) is 0.857. The summed E-state index contributed by atoms with van der Waals surface area (Å²) in [6, 6.07) is 11.8. The Hall–Kier alpha value is -2.36. The van der Waals surface area contributed by atoms with Crippen LogP contribution in [0.1, 0.15) is 35.3 Å². The van der Waals surface area contributed by atoms with E-state index in [1.807, 2.05) is 19.1 Å². The Morgan fingerprint density at radius 3 is 2.48 bits per heavy atom. The predicted octanol–water partition coefficient (Wildman–Crippen LogP) is 3.01. The minimum Gasteiger partial charge on any atom is -0.370 e. The van der Waals surface area contributed by atoms with Crippen LogP contribution in [0, 0.1) is 0 Å². The molecule has 0 unspecified atom stereocenters. The maximum atomic E-state index is 12.2. The van der Waals surface area contributed by atoms with Gasteiger partial charge in [0.2, 0.25) is 0 Å². The number of hydrogen-bond acceptors (Lipinski definition) is 3. The number of aromatic nitrogens is 1. The summed E-state index contributed by atoms with van der Waals surface area (Å²) in [4.78, 5) is 16.4. The van der Waals surface area contributed by atoms with Gasteiger partial charge in [0.05, 0.1) is 5.56 Å². The third kappa shape index (κ3) is 4.05. The molecule has 0 saturated heterocycles. The molecule has 4 nitrogen and oxygen atoms in total. The second kappa shape index (κ2) is 7.43. The van der Waals surface area contributed by atoms with E-state index in [9.17, 15) is 4.79 Å². The fourth-order valence-corrected chi connectivity index (χ4v) is 2.07. The van der Waals surface area contributed by atoms with Crippen molar-refractivity contribution in [2.45, 2.75) is 26.8 Å². The van der Waals surface area contributed by atoms with Crippen molar-refractivity contribution in [1.29, 1.82) is 0 Å². The zero-order valence-electron chi connectivity index (χ0n) is 12.5. The van der Waals surface area contributed by atoms with Crippen molar-refractivity contribution in [3.8, 4) is 0 Å². The molecular formula is C17H21N3O. The van der Waals surface area contributed by atoms with Gasteiger partial charge in [-0.3, -0.25) is 4.79 Å². The van der Waals surface area contributed by atoms with Crippen molar-refractivity contribution < 1.29 is 4.79 Å². The van der Waals surface area contributed by atoms with Crippen LogP contribution in [0.15, 0.2) is 42.6 Å². The van der Waals surface area contributed by atoms with Crippen LogP contribution in [0.4, 0.5) is 5.82 Å². The number of amides is 1. The molecule has 1 aromatic heterocycles. The van der Waals surface area contributed by atoms with E-state index < -0.39 is 0 Å². The second-order valence-electron chi connectivity index (χ2n) is 4.78. The molecule has 0 bridgehead atoms. The Morgan fingerprint density at radius 2 is 1.81 bits per heavy atom. The molecule has 0 saturated carbocycles. The maximum Gasteiger partial charge on any atom is 0.255 e. The second-order valence-corrected chi connectivity index (χ2v) is 4.78. The van der Waals surface area contributed by atoms with E-state index in [0.717, 1.165) is 18.5 Å². The van der Waals surface area contributed by atoms with Gasteiger partial charge >= 0.3 is 0 Å². The van der Waals surface area contributed by atoms with Gasteiger partial charge in [0, 0.05) is 19.3 Å². The standard InChI is InChI=1S/C17H21N3O/c1-3-13-7-9-14(10-8-13)12-20-17(21)15-6-5-11-19-16(15)18-4-2/h5-11H,3-4,12H2,1-2H3,(H,18,19)(H,20,21). The summed E-state index contributed by atoms with van der Waals surface area (Å²) in [6.45, 7) is 5.35. The number of hydrogen-bond donors (Lipinski definition) is 2. The van der Waals surface area contributed by atoms with Gasteiger partial charge in [-0.2, -0.15) is 0 Å². The molecule has 0 atom stereocenters. The molecule has 1 heterocycles. The van der Waals surface area contributed by atoms with E-state index in [-0.39, 0.29) is 5.91 Å². The Bertz CT molecular complexity index is 593. The van der Waals surface area contributed by atoms with Gasteiger partial charge in [0.15, 0.2) is 0 Å². The van der Waals surface area contributed by atoms with E-state index >= 15 is 0 Å². The molecular weight excluding hydrogens is 262 g/mol. The topological polar surface area (TPSA) is 54.0 Å². The lowest BCUT2D eigenvalue weighted by atomic mass is 10.1. The minimum atomic E-state index is -0.112. The number of aryl methyl sites for hydroxylation is 1. The molecule has 0 aliphatic carbocycles. The summed E-state index contributed by atoms with van der Waals surface area (Å²) in [5, 5.41) is 6.03. The Kier molecular flexibility index (Phi) is 5.32. The average Bonchev–Trinajstić information content (AvgIpc) is 2.54. The molecule has 4 heteroatoms. The van der Waals surface area contributed by atoms with E-state index in [2.05, 4.69) is 34.7 Å². The highest BCUT2D eigenvalue weighted by Gasteiger charge is 2.11.